The predicted molar refractivity (Wildman–Crippen MR) is 64.2 cm³/mol. The van der Waals surface area contributed by atoms with Crippen molar-refractivity contribution in [3.8, 4) is 11.3 Å². The third kappa shape index (κ3) is 2.29. The van der Waals surface area contributed by atoms with Crippen molar-refractivity contribution in [2.24, 2.45) is 5.73 Å². The molecule has 17 heavy (non-hydrogen) atoms. The molecule has 0 spiro atoms. The average molecular weight is 229 g/mol. The van der Waals surface area contributed by atoms with Crippen LogP contribution in [0.25, 0.3) is 11.3 Å². The third-order valence-corrected chi connectivity index (χ3v) is 2.45. The van der Waals surface area contributed by atoms with E-state index in [0.717, 1.165) is 11.1 Å². The maximum absolute atomic E-state index is 10.9. The van der Waals surface area contributed by atoms with Gasteiger partial charge in [-0.2, -0.15) is 0 Å². The summed E-state index contributed by atoms with van der Waals surface area (Å²) in [7, 11) is 0. The number of aromatic nitrogens is 1. The number of hydrogen-bond donors (Lipinski definition) is 1. The van der Waals surface area contributed by atoms with Crippen LogP contribution in [0.5, 0.6) is 0 Å². The Kier molecular flexibility index (Phi) is 3.11. The van der Waals surface area contributed by atoms with Crippen molar-refractivity contribution in [3.05, 3.63) is 58.3 Å². The molecule has 0 aliphatic carbocycles. The number of rotatable bonds is 3. The van der Waals surface area contributed by atoms with Crippen LogP contribution in [0.2, 0.25) is 0 Å². The van der Waals surface area contributed by atoms with Gasteiger partial charge < -0.3 is 5.73 Å². The van der Waals surface area contributed by atoms with Gasteiger partial charge in [-0.3, -0.25) is 10.1 Å². The number of hydrogen-bond acceptors (Lipinski definition) is 4. The molecule has 0 saturated heterocycles. The van der Waals surface area contributed by atoms with E-state index in [-0.39, 0.29) is 5.69 Å². The first-order valence-corrected chi connectivity index (χ1v) is 5.11. The minimum Gasteiger partial charge on any atom is -0.326 e. The van der Waals surface area contributed by atoms with Crippen molar-refractivity contribution in [2.75, 3.05) is 0 Å². The van der Waals surface area contributed by atoms with Gasteiger partial charge in [0.25, 0.3) is 5.69 Å². The van der Waals surface area contributed by atoms with Crippen LogP contribution in [-0.2, 0) is 6.54 Å². The second-order valence-corrected chi connectivity index (χ2v) is 3.53. The lowest BCUT2D eigenvalue weighted by Gasteiger charge is -2.03. The van der Waals surface area contributed by atoms with Crippen LogP contribution in [0.4, 0.5) is 5.69 Å². The summed E-state index contributed by atoms with van der Waals surface area (Å²) < 4.78 is 0. The number of benzene rings is 1. The number of nitro groups is 1. The van der Waals surface area contributed by atoms with Gasteiger partial charge in [0.05, 0.1) is 4.92 Å². The van der Waals surface area contributed by atoms with E-state index >= 15 is 0 Å². The molecule has 2 rings (SSSR count). The van der Waals surface area contributed by atoms with Crippen molar-refractivity contribution in [1.82, 2.24) is 4.98 Å². The molecule has 0 bridgehead atoms. The van der Waals surface area contributed by atoms with Gasteiger partial charge in [-0.25, -0.2) is 4.98 Å². The normalized spacial score (nSPS) is 10.2. The van der Waals surface area contributed by atoms with E-state index in [9.17, 15) is 10.1 Å². The lowest BCUT2D eigenvalue weighted by atomic mass is 10.1. The molecule has 2 N–H and O–H groups in total. The zero-order chi connectivity index (χ0) is 12.3. The van der Waals surface area contributed by atoms with Gasteiger partial charge >= 0.3 is 0 Å². The highest BCUT2D eigenvalue weighted by Gasteiger charge is 2.15. The molecule has 0 fully saturated rings. The molecule has 0 aliphatic heterocycles. The van der Waals surface area contributed by atoms with Crippen LogP contribution >= 0.6 is 0 Å². The fourth-order valence-corrected chi connectivity index (χ4v) is 1.57. The van der Waals surface area contributed by atoms with Gasteiger partial charge in [0.1, 0.15) is 5.69 Å². The first-order chi connectivity index (χ1) is 8.22. The van der Waals surface area contributed by atoms with Crippen molar-refractivity contribution < 1.29 is 4.92 Å². The SMILES string of the molecule is NCc1ccc(-c2ncccc2[N+](=O)[O-])cc1. The van der Waals surface area contributed by atoms with Crippen molar-refractivity contribution in [1.29, 1.82) is 0 Å². The van der Waals surface area contributed by atoms with E-state index < -0.39 is 4.92 Å². The Morgan fingerprint density at radius 2 is 1.94 bits per heavy atom. The molecule has 1 aromatic heterocycles. The summed E-state index contributed by atoms with van der Waals surface area (Å²) in [5.41, 5.74) is 7.57. The molecule has 1 aromatic carbocycles. The minimum absolute atomic E-state index is 0.00741. The van der Waals surface area contributed by atoms with Crippen LogP contribution < -0.4 is 5.73 Å². The zero-order valence-corrected chi connectivity index (χ0v) is 9.04. The summed E-state index contributed by atoms with van der Waals surface area (Å²) in [6.07, 6.45) is 1.54. The van der Waals surface area contributed by atoms with Crippen molar-refractivity contribution in [2.45, 2.75) is 6.54 Å². The Bertz CT molecular complexity index is 538. The van der Waals surface area contributed by atoms with E-state index in [1.165, 1.54) is 6.07 Å². The summed E-state index contributed by atoms with van der Waals surface area (Å²) in [5, 5.41) is 10.9. The van der Waals surface area contributed by atoms with E-state index in [4.69, 9.17) is 5.73 Å². The fourth-order valence-electron chi connectivity index (χ4n) is 1.57. The Hall–Kier alpha value is -2.27. The molecular weight excluding hydrogens is 218 g/mol. The highest BCUT2D eigenvalue weighted by atomic mass is 16.6. The van der Waals surface area contributed by atoms with Crippen molar-refractivity contribution in [3.63, 3.8) is 0 Å². The van der Waals surface area contributed by atoms with Gasteiger partial charge in [-0.1, -0.05) is 24.3 Å². The van der Waals surface area contributed by atoms with Crippen molar-refractivity contribution >= 4 is 5.69 Å². The van der Waals surface area contributed by atoms with Crippen LogP contribution in [0.3, 0.4) is 0 Å². The number of nitrogens with two attached hydrogens (primary N) is 1. The Morgan fingerprint density at radius 1 is 1.24 bits per heavy atom. The lowest BCUT2D eigenvalue weighted by molar-refractivity contribution is -0.384. The molecule has 1 heterocycles. The molecule has 2 aromatic rings. The Balaban J connectivity index is 2.48. The zero-order valence-electron chi connectivity index (χ0n) is 9.04. The molecule has 5 nitrogen and oxygen atoms in total. The maximum atomic E-state index is 10.9. The summed E-state index contributed by atoms with van der Waals surface area (Å²) in [4.78, 5) is 14.5. The van der Waals surface area contributed by atoms with E-state index in [0.29, 0.717) is 12.2 Å². The fraction of sp³-hybridized carbons (Fsp3) is 0.0833. The molecule has 0 aliphatic rings. The van der Waals surface area contributed by atoms with E-state index in [2.05, 4.69) is 4.98 Å². The topological polar surface area (TPSA) is 82.0 Å². The first-order valence-electron chi connectivity index (χ1n) is 5.11. The molecule has 0 unspecified atom stereocenters. The van der Waals surface area contributed by atoms with Crippen LogP contribution in [0.15, 0.2) is 42.6 Å². The summed E-state index contributed by atoms with van der Waals surface area (Å²) >= 11 is 0. The first kappa shape index (κ1) is 11.2. The van der Waals surface area contributed by atoms with Gasteiger partial charge in [0.15, 0.2) is 0 Å². The Labute approximate surface area is 98.1 Å². The molecule has 86 valence electrons. The monoisotopic (exact) mass is 229 g/mol. The molecule has 0 radical (unpaired) electrons. The molecule has 0 atom stereocenters. The standard InChI is InChI=1S/C12H11N3O2/c13-8-9-3-5-10(6-4-9)12-11(15(16)17)2-1-7-14-12/h1-7H,8,13H2. The molecule has 0 amide bonds. The largest absolute Gasteiger partial charge is 0.326 e. The Morgan fingerprint density at radius 3 is 2.53 bits per heavy atom. The van der Waals surface area contributed by atoms with Gasteiger partial charge in [0.2, 0.25) is 0 Å². The molecule has 0 saturated carbocycles. The van der Waals surface area contributed by atoms with Gasteiger partial charge in [0, 0.05) is 24.4 Å². The summed E-state index contributed by atoms with van der Waals surface area (Å²) in [6, 6.07) is 10.3. The lowest BCUT2D eigenvalue weighted by Crippen LogP contribution is -1.97. The average Bonchev–Trinajstić information content (AvgIpc) is 2.39. The van der Waals surface area contributed by atoms with Crippen LogP contribution in [-0.4, -0.2) is 9.91 Å². The van der Waals surface area contributed by atoms with E-state index in [1.807, 2.05) is 12.1 Å². The predicted octanol–water partition coefficient (Wildman–Crippen LogP) is 2.12. The second kappa shape index (κ2) is 4.71. The maximum Gasteiger partial charge on any atom is 0.295 e. The van der Waals surface area contributed by atoms with E-state index in [1.54, 1.807) is 24.4 Å². The number of nitrogens with zero attached hydrogens (tertiary/aromatic N) is 2. The summed E-state index contributed by atoms with van der Waals surface area (Å²) in [6.45, 7) is 0.449. The third-order valence-electron chi connectivity index (χ3n) is 2.45. The van der Waals surface area contributed by atoms with Crippen LogP contribution in [0, 0.1) is 10.1 Å². The highest BCUT2D eigenvalue weighted by molar-refractivity contribution is 5.69. The highest BCUT2D eigenvalue weighted by Crippen LogP contribution is 2.26. The van der Waals surface area contributed by atoms with Crippen LogP contribution in [0.1, 0.15) is 5.56 Å². The molecular formula is C12H11N3O2. The minimum atomic E-state index is -0.431. The van der Waals surface area contributed by atoms with Gasteiger partial charge in [-0.05, 0) is 11.6 Å². The second-order valence-electron chi connectivity index (χ2n) is 3.53. The summed E-state index contributed by atoms with van der Waals surface area (Å²) in [5.74, 6) is 0. The smallest absolute Gasteiger partial charge is 0.295 e. The quantitative estimate of drug-likeness (QED) is 0.645. The number of pyridine rings is 1. The van der Waals surface area contributed by atoms with Gasteiger partial charge in [-0.15, -0.1) is 0 Å². The molecule has 5 heteroatoms.